The molecule has 0 aromatic carbocycles. The van der Waals surface area contributed by atoms with Crippen molar-refractivity contribution < 1.29 is 0 Å². The van der Waals surface area contributed by atoms with Crippen LogP contribution in [0.5, 0.6) is 0 Å². The third-order valence-electron chi connectivity index (χ3n) is 3.14. The number of nitrogens with zero attached hydrogens (tertiary/aromatic N) is 1. The van der Waals surface area contributed by atoms with E-state index < -0.39 is 0 Å². The van der Waals surface area contributed by atoms with Crippen LogP contribution in [0.15, 0.2) is 0 Å². The zero-order valence-corrected chi connectivity index (χ0v) is 9.06. The van der Waals surface area contributed by atoms with Crippen molar-refractivity contribution in [1.82, 2.24) is 4.90 Å². The van der Waals surface area contributed by atoms with Gasteiger partial charge in [-0.05, 0) is 44.7 Å². The number of hydrogen-bond donors (Lipinski definition) is 0. The first-order valence-corrected chi connectivity index (χ1v) is 5.25. The zero-order chi connectivity index (χ0) is 9.19. The summed E-state index contributed by atoms with van der Waals surface area (Å²) in [5.41, 5.74) is 0.604. The van der Waals surface area contributed by atoms with Crippen molar-refractivity contribution in [2.45, 2.75) is 52.5 Å². The highest BCUT2D eigenvalue weighted by atomic mass is 15.1. The first-order valence-electron chi connectivity index (χ1n) is 5.25. The summed E-state index contributed by atoms with van der Waals surface area (Å²) < 4.78 is 0. The highest BCUT2D eigenvalue weighted by Gasteiger charge is 2.32. The lowest BCUT2D eigenvalue weighted by molar-refractivity contribution is 0.228. The molecular weight excluding hydrogens is 146 g/mol. The van der Waals surface area contributed by atoms with Crippen molar-refractivity contribution in [3.8, 4) is 0 Å². The lowest BCUT2D eigenvalue weighted by Crippen LogP contribution is -2.30. The maximum Gasteiger partial charge on any atom is 0.00974 e. The molecule has 1 aliphatic rings. The van der Waals surface area contributed by atoms with Crippen molar-refractivity contribution in [2.75, 3.05) is 13.6 Å². The summed E-state index contributed by atoms with van der Waals surface area (Å²) in [6.45, 7) is 8.32. The topological polar surface area (TPSA) is 3.24 Å². The largest absolute Gasteiger partial charge is 0.303 e. The van der Waals surface area contributed by atoms with Gasteiger partial charge in [0.2, 0.25) is 0 Å². The normalized spacial score (nSPS) is 28.2. The van der Waals surface area contributed by atoms with Gasteiger partial charge in [-0.3, -0.25) is 0 Å². The van der Waals surface area contributed by atoms with Crippen LogP contribution in [-0.4, -0.2) is 24.5 Å². The van der Waals surface area contributed by atoms with E-state index in [1.165, 1.54) is 32.2 Å². The van der Waals surface area contributed by atoms with Gasteiger partial charge in [0.05, 0.1) is 0 Å². The van der Waals surface area contributed by atoms with Crippen LogP contribution in [0.4, 0.5) is 0 Å². The van der Waals surface area contributed by atoms with Crippen molar-refractivity contribution in [3.63, 3.8) is 0 Å². The maximum atomic E-state index is 2.54. The van der Waals surface area contributed by atoms with E-state index in [1.807, 2.05) is 0 Å². The van der Waals surface area contributed by atoms with E-state index in [9.17, 15) is 0 Å². The van der Waals surface area contributed by atoms with Gasteiger partial charge in [0.1, 0.15) is 0 Å². The number of rotatable bonds is 3. The van der Waals surface area contributed by atoms with Crippen LogP contribution in [-0.2, 0) is 0 Å². The fourth-order valence-electron chi connectivity index (χ4n) is 2.31. The van der Waals surface area contributed by atoms with Crippen LogP contribution >= 0.6 is 0 Å². The molecule has 0 aliphatic heterocycles. The average Bonchev–Trinajstić information content (AvgIpc) is 2.31. The van der Waals surface area contributed by atoms with Crippen LogP contribution in [0.25, 0.3) is 0 Å². The monoisotopic (exact) mass is 169 g/mol. The van der Waals surface area contributed by atoms with Crippen LogP contribution < -0.4 is 0 Å². The molecule has 0 aromatic heterocycles. The molecule has 0 bridgehead atoms. The molecule has 1 saturated carbocycles. The summed E-state index contributed by atoms with van der Waals surface area (Å²) in [6, 6.07) is 0.861. The highest BCUT2D eigenvalue weighted by molar-refractivity contribution is 4.86. The third-order valence-corrected chi connectivity index (χ3v) is 3.14. The SMILES string of the molecule is CCCN(C)C1CCC(C)(C)C1. The quantitative estimate of drug-likeness (QED) is 0.628. The number of hydrogen-bond acceptors (Lipinski definition) is 1. The Balaban J connectivity index is 2.36. The minimum Gasteiger partial charge on any atom is -0.303 e. The molecule has 1 fully saturated rings. The van der Waals surface area contributed by atoms with Crippen LogP contribution in [0.2, 0.25) is 0 Å². The van der Waals surface area contributed by atoms with Gasteiger partial charge in [-0.2, -0.15) is 0 Å². The van der Waals surface area contributed by atoms with Gasteiger partial charge in [0.25, 0.3) is 0 Å². The molecule has 1 heteroatoms. The van der Waals surface area contributed by atoms with E-state index in [1.54, 1.807) is 0 Å². The van der Waals surface area contributed by atoms with Crippen LogP contribution in [0, 0.1) is 5.41 Å². The van der Waals surface area contributed by atoms with Crippen molar-refractivity contribution in [2.24, 2.45) is 5.41 Å². The van der Waals surface area contributed by atoms with Gasteiger partial charge in [0.15, 0.2) is 0 Å². The van der Waals surface area contributed by atoms with Gasteiger partial charge in [-0.1, -0.05) is 20.8 Å². The Morgan fingerprint density at radius 2 is 2.08 bits per heavy atom. The molecule has 1 unspecified atom stereocenters. The van der Waals surface area contributed by atoms with Gasteiger partial charge in [-0.25, -0.2) is 0 Å². The maximum absolute atomic E-state index is 2.54. The van der Waals surface area contributed by atoms with Crippen molar-refractivity contribution >= 4 is 0 Å². The summed E-state index contributed by atoms with van der Waals surface area (Å²) >= 11 is 0. The highest BCUT2D eigenvalue weighted by Crippen LogP contribution is 2.38. The van der Waals surface area contributed by atoms with Gasteiger partial charge >= 0.3 is 0 Å². The Morgan fingerprint density at radius 3 is 2.50 bits per heavy atom. The predicted molar refractivity (Wildman–Crippen MR) is 54.3 cm³/mol. The summed E-state index contributed by atoms with van der Waals surface area (Å²) in [4.78, 5) is 2.54. The minimum absolute atomic E-state index is 0.604. The average molecular weight is 169 g/mol. The first kappa shape index (κ1) is 10.0. The second-order valence-electron chi connectivity index (χ2n) is 5.04. The second-order valence-corrected chi connectivity index (χ2v) is 5.04. The van der Waals surface area contributed by atoms with Gasteiger partial charge in [-0.15, -0.1) is 0 Å². The Hall–Kier alpha value is -0.0400. The van der Waals surface area contributed by atoms with E-state index in [-0.39, 0.29) is 0 Å². The summed E-state index contributed by atoms with van der Waals surface area (Å²) in [5.74, 6) is 0. The van der Waals surface area contributed by atoms with Crippen LogP contribution in [0.1, 0.15) is 46.5 Å². The van der Waals surface area contributed by atoms with Crippen LogP contribution in [0.3, 0.4) is 0 Å². The van der Waals surface area contributed by atoms with E-state index >= 15 is 0 Å². The fraction of sp³-hybridized carbons (Fsp3) is 1.00. The molecule has 0 saturated heterocycles. The Bertz CT molecular complexity index is 140. The Kier molecular flexibility index (Phi) is 3.16. The molecule has 1 nitrogen and oxygen atoms in total. The Morgan fingerprint density at radius 1 is 1.42 bits per heavy atom. The van der Waals surface area contributed by atoms with Gasteiger partial charge < -0.3 is 4.90 Å². The smallest absolute Gasteiger partial charge is 0.00974 e. The molecule has 0 aromatic rings. The molecule has 0 amide bonds. The van der Waals surface area contributed by atoms with E-state index in [2.05, 4.69) is 32.7 Å². The fourth-order valence-corrected chi connectivity index (χ4v) is 2.31. The molecule has 1 rings (SSSR count). The molecule has 0 spiro atoms. The summed E-state index contributed by atoms with van der Waals surface area (Å²) in [7, 11) is 2.27. The molecule has 72 valence electrons. The predicted octanol–water partition coefficient (Wildman–Crippen LogP) is 2.91. The van der Waals surface area contributed by atoms with E-state index in [0.717, 1.165) is 6.04 Å². The first-order chi connectivity index (χ1) is 5.55. The van der Waals surface area contributed by atoms with E-state index in [4.69, 9.17) is 0 Å². The zero-order valence-electron chi connectivity index (χ0n) is 9.06. The van der Waals surface area contributed by atoms with Gasteiger partial charge in [0, 0.05) is 6.04 Å². The molecule has 1 atom stereocenters. The lowest BCUT2D eigenvalue weighted by Gasteiger charge is -2.25. The molecular formula is C11H23N. The molecule has 0 heterocycles. The third kappa shape index (κ3) is 2.48. The van der Waals surface area contributed by atoms with Crippen molar-refractivity contribution in [3.05, 3.63) is 0 Å². The Labute approximate surface area is 77.1 Å². The summed E-state index contributed by atoms with van der Waals surface area (Å²) in [5, 5.41) is 0. The standard InChI is InChI=1S/C11H23N/c1-5-8-12(4)10-6-7-11(2,3)9-10/h10H,5-9H2,1-4H3. The lowest BCUT2D eigenvalue weighted by atomic mass is 9.91. The second kappa shape index (κ2) is 3.78. The molecule has 0 radical (unpaired) electrons. The van der Waals surface area contributed by atoms with E-state index in [0.29, 0.717) is 5.41 Å². The molecule has 0 N–H and O–H groups in total. The minimum atomic E-state index is 0.604. The molecule has 1 aliphatic carbocycles. The molecule has 12 heavy (non-hydrogen) atoms. The van der Waals surface area contributed by atoms with Crippen molar-refractivity contribution in [1.29, 1.82) is 0 Å². The summed E-state index contributed by atoms with van der Waals surface area (Å²) in [6.07, 6.45) is 5.49.